The van der Waals surface area contributed by atoms with E-state index in [4.69, 9.17) is 4.98 Å². The van der Waals surface area contributed by atoms with Gasteiger partial charge in [-0.25, -0.2) is 13.8 Å². The lowest BCUT2D eigenvalue weighted by molar-refractivity contribution is -0.683. The number of fused-ring (bicyclic) bond motifs is 1. The molecule has 7 heteroatoms. The van der Waals surface area contributed by atoms with Crippen molar-refractivity contribution in [2.75, 3.05) is 19.6 Å². The Morgan fingerprint density at radius 1 is 1.24 bits per heavy atom. The lowest BCUT2D eigenvalue weighted by Crippen LogP contribution is -2.87. The highest BCUT2D eigenvalue weighted by atomic mass is 32.1. The molecule has 1 saturated heterocycles. The van der Waals surface area contributed by atoms with Crippen LogP contribution >= 0.6 is 11.3 Å². The first kappa shape index (κ1) is 19.9. The van der Waals surface area contributed by atoms with Crippen molar-refractivity contribution in [2.45, 2.75) is 31.7 Å². The minimum absolute atomic E-state index is 0.0575. The van der Waals surface area contributed by atoms with Crippen LogP contribution in [0.4, 0.5) is 8.78 Å². The summed E-state index contributed by atoms with van der Waals surface area (Å²) in [7, 11) is 0. The van der Waals surface area contributed by atoms with Crippen LogP contribution in [0.1, 0.15) is 42.3 Å². The van der Waals surface area contributed by atoms with Crippen LogP contribution in [0.3, 0.4) is 0 Å². The Labute approximate surface area is 172 Å². The fourth-order valence-electron chi connectivity index (χ4n) is 3.84. The highest BCUT2D eigenvalue weighted by Gasteiger charge is 2.27. The molecule has 3 aromatic rings. The molecule has 0 saturated carbocycles. The maximum absolute atomic E-state index is 13.9. The Bertz CT molecular complexity index is 981. The van der Waals surface area contributed by atoms with Crippen molar-refractivity contribution < 1.29 is 18.9 Å². The molecule has 1 fully saturated rings. The lowest BCUT2D eigenvalue weighted by Gasteiger charge is -2.30. The molecule has 0 aliphatic carbocycles. The molecule has 29 heavy (non-hydrogen) atoms. The zero-order valence-corrected chi connectivity index (χ0v) is 17.1. The third-order valence-corrected chi connectivity index (χ3v) is 6.81. The monoisotopic (exact) mass is 416 g/mol. The maximum atomic E-state index is 13.9. The zero-order valence-electron chi connectivity index (χ0n) is 16.3. The van der Waals surface area contributed by atoms with E-state index in [2.05, 4.69) is 6.07 Å². The van der Waals surface area contributed by atoms with Gasteiger partial charge in [0.1, 0.15) is 17.7 Å². The molecule has 0 radical (unpaired) electrons. The second-order valence-electron chi connectivity index (χ2n) is 7.57. The highest BCUT2D eigenvalue weighted by molar-refractivity contribution is 7.18. The molecule has 0 unspecified atom stereocenters. The molecule has 152 valence electrons. The number of hydrogen-bond acceptors (Lipinski definition) is 3. The topological polar surface area (TPSA) is 49.8 Å². The van der Waals surface area contributed by atoms with Gasteiger partial charge in [0.05, 0.1) is 15.2 Å². The minimum Gasteiger partial charge on any atom is -0.338 e. The van der Waals surface area contributed by atoms with Crippen LogP contribution in [-0.2, 0) is 4.79 Å². The van der Waals surface area contributed by atoms with Gasteiger partial charge in [-0.05, 0) is 44.0 Å². The van der Waals surface area contributed by atoms with Crippen molar-refractivity contribution in [3.8, 4) is 0 Å². The summed E-state index contributed by atoms with van der Waals surface area (Å²) in [5.41, 5.74) is 1.45. The molecule has 2 N–H and O–H groups in total. The largest absolute Gasteiger partial charge is 0.338 e. The number of piperidine rings is 1. The van der Waals surface area contributed by atoms with Crippen LogP contribution in [0.5, 0.6) is 0 Å². The SMILES string of the molecule is C[C@@H]([NH2+]CC(=O)N1CCC(c2nc3ccccc3s2)CC1)c1ccc(F)cc1F. The van der Waals surface area contributed by atoms with Gasteiger partial charge in [0.15, 0.2) is 6.54 Å². The first-order valence-electron chi connectivity index (χ1n) is 9.93. The number of nitrogens with zero attached hydrogens (tertiary/aromatic N) is 2. The molecular weight excluding hydrogens is 392 g/mol. The lowest BCUT2D eigenvalue weighted by atomic mass is 9.97. The van der Waals surface area contributed by atoms with Gasteiger partial charge in [-0.1, -0.05) is 12.1 Å². The van der Waals surface area contributed by atoms with Gasteiger partial charge in [0.25, 0.3) is 5.91 Å². The zero-order chi connectivity index (χ0) is 20.4. The highest BCUT2D eigenvalue weighted by Crippen LogP contribution is 2.33. The summed E-state index contributed by atoms with van der Waals surface area (Å²) in [5.74, 6) is -0.710. The molecule has 1 atom stereocenters. The van der Waals surface area contributed by atoms with Crippen LogP contribution in [0.25, 0.3) is 10.2 Å². The van der Waals surface area contributed by atoms with Crippen LogP contribution in [0.2, 0.25) is 0 Å². The van der Waals surface area contributed by atoms with E-state index in [0.29, 0.717) is 24.6 Å². The van der Waals surface area contributed by atoms with Gasteiger partial charge in [-0.3, -0.25) is 4.79 Å². The van der Waals surface area contributed by atoms with Crippen molar-refractivity contribution in [1.82, 2.24) is 9.88 Å². The predicted molar refractivity (Wildman–Crippen MR) is 110 cm³/mol. The number of carbonyl (C=O) groups excluding carboxylic acids is 1. The Morgan fingerprint density at radius 3 is 2.72 bits per heavy atom. The molecule has 0 bridgehead atoms. The molecule has 0 spiro atoms. The fraction of sp³-hybridized carbons (Fsp3) is 0.364. The van der Waals surface area contributed by atoms with Crippen LogP contribution in [0.15, 0.2) is 42.5 Å². The number of nitrogens with two attached hydrogens (primary N) is 1. The first-order valence-corrected chi connectivity index (χ1v) is 10.7. The van der Waals surface area contributed by atoms with E-state index >= 15 is 0 Å². The Hall–Kier alpha value is -2.38. The minimum atomic E-state index is -0.592. The van der Waals surface area contributed by atoms with Gasteiger partial charge in [0, 0.05) is 30.6 Å². The Kier molecular flexibility index (Phi) is 5.87. The summed E-state index contributed by atoms with van der Waals surface area (Å²) in [6.45, 7) is 3.51. The number of amides is 1. The number of rotatable bonds is 5. The number of benzene rings is 2. The van der Waals surface area contributed by atoms with E-state index < -0.39 is 11.6 Å². The smallest absolute Gasteiger partial charge is 0.277 e. The summed E-state index contributed by atoms with van der Waals surface area (Å²) < 4.78 is 28.2. The van der Waals surface area contributed by atoms with E-state index in [-0.39, 0.29) is 18.5 Å². The van der Waals surface area contributed by atoms with Gasteiger partial charge in [-0.15, -0.1) is 11.3 Å². The quantitative estimate of drug-likeness (QED) is 0.691. The van der Waals surface area contributed by atoms with E-state index in [1.165, 1.54) is 16.8 Å². The number of halogens is 2. The standard InChI is InChI=1S/C22H23F2N3OS/c1-14(17-7-6-16(23)12-18(17)24)25-13-21(28)27-10-8-15(9-11-27)22-26-19-4-2-3-5-20(19)29-22/h2-7,12,14-15,25H,8-11,13H2,1H3/p+1/t14-/m1/s1. The molecule has 4 rings (SSSR count). The number of thiazole rings is 1. The summed E-state index contributed by atoms with van der Waals surface area (Å²) in [6, 6.07) is 11.5. The fourth-order valence-corrected chi connectivity index (χ4v) is 4.98. The second kappa shape index (κ2) is 8.55. The van der Waals surface area contributed by atoms with Crippen LogP contribution in [0, 0.1) is 11.6 Å². The average Bonchev–Trinajstić information content (AvgIpc) is 3.16. The molecule has 1 amide bonds. The van der Waals surface area contributed by atoms with Gasteiger partial charge < -0.3 is 10.2 Å². The summed E-state index contributed by atoms with van der Waals surface area (Å²) >= 11 is 1.74. The van der Waals surface area contributed by atoms with E-state index in [1.54, 1.807) is 16.7 Å². The molecule has 2 heterocycles. The van der Waals surface area contributed by atoms with Crippen molar-refractivity contribution in [2.24, 2.45) is 0 Å². The van der Waals surface area contributed by atoms with E-state index in [0.717, 1.165) is 29.4 Å². The Morgan fingerprint density at radius 2 is 2.00 bits per heavy atom. The average molecular weight is 417 g/mol. The summed E-state index contributed by atoms with van der Waals surface area (Å²) in [5, 5.41) is 2.96. The number of aromatic nitrogens is 1. The first-order chi connectivity index (χ1) is 14.0. The molecule has 4 nitrogen and oxygen atoms in total. The third-order valence-electron chi connectivity index (χ3n) is 5.61. The third kappa shape index (κ3) is 4.46. The molecular formula is C22H24F2N3OS+. The molecule has 1 aliphatic heterocycles. The van der Waals surface area contributed by atoms with Crippen LogP contribution < -0.4 is 5.32 Å². The Balaban J connectivity index is 1.29. The number of carbonyl (C=O) groups is 1. The number of quaternary nitrogens is 1. The normalized spacial score (nSPS) is 16.3. The van der Waals surface area contributed by atoms with Crippen molar-refractivity contribution in [3.05, 3.63) is 64.7 Å². The predicted octanol–water partition coefficient (Wildman–Crippen LogP) is 3.61. The van der Waals surface area contributed by atoms with Crippen LogP contribution in [-0.4, -0.2) is 35.4 Å². The van der Waals surface area contributed by atoms with Crippen molar-refractivity contribution in [1.29, 1.82) is 0 Å². The maximum Gasteiger partial charge on any atom is 0.277 e. The van der Waals surface area contributed by atoms with Crippen molar-refractivity contribution >= 4 is 27.5 Å². The number of para-hydroxylation sites is 1. The molecule has 1 aromatic heterocycles. The van der Waals surface area contributed by atoms with E-state index in [1.807, 2.05) is 30.0 Å². The van der Waals surface area contributed by atoms with E-state index in [9.17, 15) is 13.6 Å². The molecule has 1 aliphatic rings. The summed E-state index contributed by atoms with van der Waals surface area (Å²) in [4.78, 5) is 19.2. The summed E-state index contributed by atoms with van der Waals surface area (Å²) in [6.07, 6.45) is 1.82. The van der Waals surface area contributed by atoms with Gasteiger partial charge >= 0.3 is 0 Å². The second-order valence-corrected chi connectivity index (χ2v) is 8.63. The van der Waals surface area contributed by atoms with Gasteiger partial charge in [0.2, 0.25) is 0 Å². The van der Waals surface area contributed by atoms with Gasteiger partial charge in [-0.2, -0.15) is 0 Å². The number of likely N-dealkylation sites (tertiary alicyclic amines) is 1. The number of hydrogen-bond donors (Lipinski definition) is 1. The molecule has 2 aromatic carbocycles. The van der Waals surface area contributed by atoms with Crippen molar-refractivity contribution in [3.63, 3.8) is 0 Å².